The summed E-state index contributed by atoms with van der Waals surface area (Å²) in [6, 6.07) is 8.62. The van der Waals surface area contributed by atoms with E-state index < -0.39 is 39.3 Å². The molecule has 2 aromatic rings. The maximum Gasteiger partial charge on any atom is 0.409 e. The first-order valence-corrected chi connectivity index (χ1v) is 13.2. The van der Waals surface area contributed by atoms with Crippen LogP contribution in [-0.2, 0) is 19.4 Å². The third-order valence-corrected chi connectivity index (χ3v) is 6.45. The van der Waals surface area contributed by atoms with Crippen molar-refractivity contribution in [1.82, 2.24) is 24.9 Å². The normalized spacial score (nSPS) is 14.9. The van der Waals surface area contributed by atoms with E-state index in [-0.39, 0.29) is 50.7 Å². The van der Waals surface area contributed by atoms with Gasteiger partial charge in [-0.15, -0.1) is 0 Å². The van der Waals surface area contributed by atoms with Crippen LogP contribution >= 0.6 is 0 Å². The van der Waals surface area contributed by atoms with Crippen LogP contribution in [0.5, 0.6) is 0 Å². The number of amides is 3. The predicted molar refractivity (Wildman–Crippen MR) is 127 cm³/mol. The first kappa shape index (κ1) is 26.0. The Labute approximate surface area is 202 Å². The van der Waals surface area contributed by atoms with Gasteiger partial charge in [-0.1, -0.05) is 18.2 Å². The minimum atomic E-state index is -3.40. The van der Waals surface area contributed by atoms with Gasteiger partial charge in [-0.25, -0.2) is 17.9 Å². The second-order valence-electron chi connectivity index (χ2n) is 8.13. The van der Waals surface area contributed by atoms with Gasteiger partial charge in [-0.2, -0.15) is 0 Å². The number of ether oxygens (including phenoxy) is 1. The number of para-hydroxylation sites is 1. The summed E-state index contributed by atoms with van der Waals surface area (Å²) in [5, 5.41) is 5.28. The van der Waals surface area contributed by atoms with E-state index in [4.69, 9.17) is 4.74 Å². The Kier molecular flexibility index (Phi) is 8.33. The molecule has 13 heteroatoms. The van der Waals surface area contributed by atoms with Crippen LogP contribution in [0.1, 0.15) is 23.8 Å². The van der Waals surface area contributed by atoms with Gasteiger partial charge in [-0.3, -0.25) is 19.5 Å². The quantitative estimate of drug-likeness (QED) is 0.510. The van der Waals surface area contributed by atoms with Gasteiger partial charge < -0.3 is 19.9 Å². The molecule has 1 atom stereocenters. The molecular formula is C22H29N5O7S. The number of aromatic nitrogens is 2. The lowest BCUT2D eigenvalue weighted by Crippen LogP contribution is -2.56. The molecule has 0 bridgehead atoms. The summed E-state index contributed by atoms with van der Waals surface area (Å²) in [6.07, 6.45) is 0.449. The maximum absolute atomic E-state index is 13.2. The standard InChI is InChI=1S/C22H29N5O7S/c1-3-34-22(31)26-12-10-25(11-13-26)21(30)17(9-14-35(2,32)33)23-20(29)18-15-19(28)27(24-18)16-7-5-4-6-8-16/h4-8,15,17,24H,3,9-14H2,1-2H3,(H,23,29). The Hall–Kier alpha value is -3.61. The molecule has 190 valence electrons. The highest BCUT2D eigenvalue weighted by Crippen LogP contribution is 2.10. The summed E-state index contributed by atoms with van der Waals surface area (Å²) in [6.45, 7) is 2.88. The molecular weight excluding hydrogens is 478 g/mol. The molecule has 1 fully saturated rings. The molecule has 1 aliphatic rings. The lowest BCUT2D eigenvalue weighted by Gasteiger charge is -2.36. The average Bonchev–Trinajstić information content (AvgIpc) is 3.23. The summed E-state index contributed by atoms with van der Waals surface area (Å²) >= 11 is 0. The van der Waals surface area contributed by atoms with Crippen LogP contribution in [0.15, 0.2) is 41.2 Å². The summed E-state index contributed by atoms with van der Waals surface area (Å²) in [5.41, 5.74) is -0.000637. The lowest BCUT2D eigenvalue weighted by molar-refractivity contribution is -0.134. The molecule has 0 radical (unpaired) electrons. The van der Waals surface area contributed by atoms with Crippen molar-refractivity contribution in [3.8, 4) is 5.69 Å². The fraction of sp³-hybridized carbons (Fsp3) is 0.455. The Bertz CT molecular complexity index is 1210. The topological polar surface area (TPSA) is 151 Å². The second kappa shape index (κ2) is 11.2. The summed E-state index contributed by atoms with van der Waals surface area (Å²) in [4.78, 5) is 53.3. The molecule has 1 aromatic carbocycles. The number of hydrogen-bond donors (Lipinski definition) is 2. The highest BCUT2D eigenvalue weighted by molar-refractivity contribution is 7.90. The molecule has 0 aliphatic carbocycles. The fourth-order valence-electron chi connectivity index (χ4n) is 3.65. The van der Waals surface area contributed by atoms with Crippen molar-refractivity contribution in [1.29, 1.82) is 0 Å². The highest BCUT2D eigenvalue weighted by atomic mass is 32.2. The molecule has 3 rings (SSSR count). The third kappa shape index (κ3) is 6.94. The summed E-state index contributed by atoms with van der Waals surface area (Å²) in [5.74, 6) is -1.49. The van der Waals surface area contributed by atoms with Crippen LogP contribution in [0, 0.1) is 0 Å². The predicted octanol–water partition coefficient (Wildman–Crippen LogP) is -0.000600. The third-order valence-electron chi connectivity index (χ3n) is 5.48. The number of hydrogen-bond acceptors (Lipinski definition) is 7. The van der Waals surface area contributed by atoms with Crippen molar-refractivity contribution in [2.45, 2.75) is 19.4 Å². The van der Waals surface area contributed by atoms with Crippen LogP contribution in [0.25, 0.3) is 5.69 Å². The van der Waals surface area contributed by atoms with Crippen molar-refractivity contribution in [2.75, 3.05) is 44.8 Å². The number of sulfone groups is 1. The van der Waals surface area contributed by atoms with Gasteiger partial charge in [0.2, 0.25) is 5.91 Å². The van der Waals surface area contributed by atoms with Crippen LogP contribution in [0.4, 0.5) is 4.79 Å². The van der Waals surface area contributed by atoms with Crippen molar-refractivity contribution in [3.63, 3.8) is 0 Å². The van der Waals surface area contributed by atoms with Crippen molar-refractivity contribution in [2.24, 2.45) is 0 Å². The van der Waals surface area contributed by atoms with Gasteiger partial charge >= 0.3 is 6.09 Å². The first-order chi connectivity index (χ1) is 16.6. The number of piperazine rings is 1. The van der Waals surface area contributed by atoms with Gasteiger partial charge in [0.15, 0.2) is 0 Å². The van der Waals surface area contributed by atoms with Crippen LogP contribution in [0.2, 0.25) is 0 Å². The Morgan fingerprint density at radius 1 is 1.09 bits per heavy atom. The zero-order chi connectivity index (χ0) is 25.6. The van der Waals surface area contributed by atoms with Gasteiger partial charge in [0.1, 0.15) is 21.6 Å². The fourth-order valence-corrected chi connectivity index (χ4v) is 4.31. The Morgan fingerprint density at radius 3 is 2.31 bits per heavy atom. The van der Waals surface area contributed by atoms with Crippen LogP contribution < -0.4 is 10.9 Å². The number of nitrogens with one attached hydrogen (secondary N) is 2. The molecule has 0 saturated carbocycles. The highest BCUT2D eigenvalue weighted by Gasteiger charge is 2.31. The van der Waals surface area contributed by atoms with Crippen molar-refractivity contribution < 1.29 is 27.5 Å². The minimum Gasteiger partial charge on any atom is -0.450 e. The van der Waals surface area contributed by atoms with Gasteiger partial charge in [0.25, 0.3) is 11.5 Å². The number of nitrogens with zero attached hydrogens (tertiary/aromatic N) is 3. The molecule has 0 spiro atoms. The van der Waals surface area contributed by atoms with E-state index in [1.807, 2.05) is 0 Å². The smallest absolute Gasteiger partial charge is 0.409 e. The average molecular weight is 508 g/mol. The van der Waals surface area contributed by atoms with E-state index in [0.29, 0.717) is 5.69 Å². The van der Waals surface area contributed by atoms with E-state index in [9.17, 15) is 27.6 Å². The summed E-state index contributed by atoms with van der Waals surface area (Å²) < 4.78 is 29.6. The number of benzene rings is 1. The number of carbonyl (C=O) groups excluding carboxylic acids is 3. The van der Waals surface area contributed by atoms with Crippen molar-refractivity contribution >= 4 is 27.7 Å². The molecule has 2 heterocycles. The maximum atomic E-state index is 13.2. The van der Waals surface area contributed by atoms with Crippen LogP contribution in [0.3, 0.4) is 0 Å². The number of H-pyrrole nitrogens is 1. The molecule has 1 saturated heterocycles. The molecule has 1 aliphatic heterocycles. The van der Waals surface area contributed by atoms with E-state index in [1.165, 1.54) is 14.5 Å². The number of carbonyl (C=O) groups is 3. The van der Waals surface area contributed by atoms with Gasteiger partial charge in [-0.05, 0) is 25.5 Å². The zero-order valence-corrected chi connectivity index (χ0v) is 20.4. The largest absolute Gasteiger partial charge is 0.450 e. The molecule has 35 heavy (non-hydrogen) atoms. The zero-order valence-electron chi connectivity index (χ0n) is 19.6. The number of aromatic amines is 1. The molecule has 3 amide bonds. The Morgan fingerprint density at radius 2 is 1.71 bits per heavy atom. The van der Waals surface area contributed by atoms with Crippen molar-refractivity contribution in [3.05, 3.63) is 52.4 Å². The summed E-state index contributed by atoms with van der Waals surface area (Å²) in [7, 11) is -3.40. The molecule has 12 nitrogen and oxygen atoms in total. The minimum absolute atomic E-state index is 0.0665. The van der Waals surface area contributed by atoms with Gasteiger partial charge in [0, 0.05) is 38.5 Å². The van der Waals surface area contributed by atoms with E-state index >= 15 is 0 Å². The van der Waals surface area contributed by atoms with Crippen LogP contribution in [-0.4, -0.2) is 96.7 Å². The number of rotatable bonds is 8. The SMILES string of the molecule is CCOC(=O)N1CCN(C(=O)C(CCS(C)(=O)=O)NC(=O)c2cc(=O)n(-c3ccccc3)[nH]2)CC1. The first-order valence-electron chi connectivity index (χ1n) is 11.2. The molecule has 1 aromatic heterocycles. The Balaban J connectivity index is 1.73. The molecule has 2 N–H and O–H groups in total. The second-order valence-corrected chi connectivity index (χ2v) is 10.4. The van der Waals surface area contributed by atoms with E-state index in [0.717, 1.165) is 12.3 Å². The van der Waals surface area contributed by atoms with Gasteiger partial charge in [0.05, 0.1) is 18.0 Å². The van der Waals surface area contributed by atoms with E-state index in [1.54, 1.807) is 37.3 Å². The lowest BCUT2D eigenvalue weighted by atomic mass is 10.1. The molecule has 1 unspecified atom stereocenters. The monoisotopic (exact) mass is 507 g/mol. The van der Waals surface area contributed by atoms with E-state index in [2.05, 4.69) is 10.4 Å².